The Balaban J connectivity index is 2.39. The van der Waals surface area contributed by atoms with Gasteiger partial charge in [-0.25, -0.2) is 0 Å². The summed E-state index contributed by atoms with van der Waals surface area (Å²) in [5.41, 5.74) is 5.59. The molecule has 5 heteroatoms. The smallest absolute Gasteiger partial charge is 0.229 e. The molecular formula is C12H23N3OS. The number of nitrogens with two attached hydrogens (primary N) is 1. The van der Waals surface area contributed by atoms with Gasteiger partial charge in [0.1, 0.15) is 0 Å². The number of nitrogens with one attached hydrogen (secondary N) is 1. The summed E-state index contributed by atoms with van der Waals surface area (Å²) < 4.78 is 0. The van der Waals surface area contributed by atoms with Crippen molar-refractivity contribution in [3.8, 4) is 0 Å². The summed E-state index contributed by atoms with van der Waals surface area (Å²) >= 11 is 4.94. The van der Waals surface area contributed by atoms with Crippen molar-refractivity contribution in [2.24, 2.45) is 11.7 Å². The monoisotopic (exact) mass is 257 g/mol. The van der Waals surface area contributed by atoms with Crippen LogP contribution in [-0.4, -0.2) is 42.0 Å². The minimum atomic E-state index is -0.304. The Bertz CT molecular complexity index is 283. The fourth-order valence-electron chi connectivity index (χ4n) is 2.27. The van der Waals surface area contributed by atoms with Crippen molar-refractivity contribution in [3.63, 3.8) is 0 Å². The van der Waals surface area contributed by atoms with E-state index in [0.29, 0.717) is 17.6 Å². The topological polar surface area (TPSA) is 58.4 Å². The molecule has 0 aromatic rings. The molecule has 0 saturated carbocycles. The maximum absolute atomic E-state index is 11.9. The van der Waals surface area contributed by atoms with Gasteiger partial charge >= 0.3 is 0 Å². The maximum atomic E-state index is 11.9. The Morgan fingerprint density at radius 2 is 2.35 bits per heavy atom. The van der Waals surface area contributed by atoms with Gasteiger partial charge in [0, 0.05) is 12.6 Å². The lowest BCUT2D eigenvalue weighted by atomic mass is 10.0. The average Bonchev–Trinajstić information content (AvgIpc) is 2.68. The number of carbonyl (C=O) groups is 1. The largest absolute Gasteiger partial charge is 0.393 e. The molecule has 0 spiro atoms. The minimum Gasteiger partial charge on any atom is -0.393 e. The van der Waals surface area contributed by atoms with E-state index in [-0.39, 0.29) is 11.8 Å². The van der Waals surface area contributed by atoms with E-state index in [0.717, 1.165) is 25.8 Å². The number of thiocarbonyl (C=S) groups is 1. The van der Waals surface area contributed by atoms with E-state index in [1.54, 1.807) is 0 Å². The van der Waals surface area contributed by atoms with Crippen LogP contribution in [0, 0.1) is 5.92 Å². The molecule has 1 aliphatic heterocycles. The molecule has 0 aromatic carbocycles. The summed E-state index contributed by atoms with van der Waals surface area (Å²) in [5.74, 6) is -0.318. The van der Waals surface area contributed by atoms with Gasteiger partial charge in [-0.3, -0.25) is 4.79 Å². The van der Waals surface area contributed by atoms with Gasteiger partial charge in [0.2, 0.25) is 5.91 Å². The molecule has 0 aliphatic carbocycles. The molecule has 4 nitrogen and oxygen atoms in total. The van der Waals surface area contributed by atoms with Gasteiger partial charge in [0.15, 0.2) is 0 Å². The highest BCUT2D eigenvalue weighted by Crippen LogP contribution is 2.14. The predicted octanol–water partition coefficient (Wildman–Crippen LogP) is 0.899. The third-order valence-electron chi connectivity index (χ3n) is 3.42. The number of rotatable bonds is 6. The Kier molecular flexibility index (Phi) is 5.85. The third-order valence-corrected chi connectivity index (χ3v) is 3.71. The van der Waals surface area contributed by atoms with E-state index in [1.807, 2.05) is 6.92 Å². The number of hydrogen-bond donors (Lipinski definition) is 2. The zero-order chi connectivity index (χ0) is 12.8. The molecule has 2 unspecified atom stereocenters. The number of nitrogens with zero attached hydrogens (tertiary/aromatic N) is 1. The van der Waals surface area contributed by atoms with E-state index in [9.17, 15) is 4.79 Å². The molecule has 1 rings (SSSR count). The van der Waals surface area contributed by atoms with Gasteiger partial charge in [-0.05, 0) is 32.9 Å². The van der Waals surface area contributed by atoms with E-state index >= 15 is 0 Å². The average molecular weight is 257 g/mol. The van der Waals surface area contributed by atoms with Crippen molar-refractivity contribution in [2.45, 2.75) is 38.6 Å². The van der Waals surface area contributed by atoms with Crippen molar-refractivity contribution in [3.05, 3.63) is 0 Å². The van der Waals surface area contributed by atoms with Gasteiger partial charge < -0.3 is 16.0 Å². The first-order valence-corrected chi connectivity index (χ1v) is 6.74. The minimum absolute atomic E-state index is 0.0142. The van der Waals surface area contributed by atoms with Crippen molar-refractivity contribution in [1.82, 2.24) is 10.2 Å². The second kappa shape index (κ2) is 6.91. The van der Waals surface area contributed by atoms with Crippen LogP contribution < -0.4 is 11.1 Å². The van der Waals surface area contributed by atoms with Crippen LogP contribution in [0.3, 0.4) is 0 Å². The molecule has 1 heterocycles. The zero-order valence-electron chi connectivity index (χ0n) is 10.7. The first kappa shape index (κ1) is 14.4. The standard InChI is InChI=1S/C12H23N3OS/c1-3-5-10(11(13)17)12(16)14-8-9-6-4-7-15(9)2/h9-10H,3-8H2,1-2H3,(H2,13,17)(H,14,16). The highest BCUT2D eigenvalue weighted by atomic mass is 32.1. The van der Waals surface area contributed by atoms with Crippen LogP contribution in [0.4, 0.5) is 0 Å². The molecule has 0 aromatic heterocycles. The molecule has 1 amide bonds. The van der Waals surface area contributed by atoms with Gasteiger partial charge in [-0.1, -0.05) is 25.6 Å². The van der Waals surface area contributed by atoms with Gasteiger partial charge in [-0.15, -0.1) is 0 Å². The predicted molar refractivity (Wildman–Crippen MR) is 73.8 cm³/mol. The van der Waals surface area contributed by atoms with Crippen LogP contribution in [0.1, 0.15) is 32.6 Å². The van der Waals surface area contributed by atoms with Crippen molar-refractivity contribution in [1.29, 1.82) is 0 Å². The maximum Gasteiger partial charge on any atom is 0.229 e. The highest BCUT2D eigenvalue weighted by molar-refractivity contribution is 7.80. The second-order valence-corrected chi connectivity index (χ2v) is 5.24. The van der Waals surface area contributed by atoms with E-state index in [4.69, 9.17) is 18.0 Å². The Labute approximate surface area is 109 Å². The Morgan fingerprint density at radius 1 is 1.65 bits per heavy atom. The summed E-state index contributed by atoms with van der Waals surface area (Å²) in [4.78, 5) is 14.5. The molecular weight excluding hydrogens is 234 g/mol. The van der Waals surface area contributed by atoms with Crippen LogP contribution in [-0.2, 0) is 4.79 Å². The van der Waals surface area contributed by atoms with Crippen molar-refractivity contribution < 1.29 is 4.79 Å². The third kappa shape index (κ3) is 4.24. The molecule has 17 heavy (non-hydrogen) atoms. The number of carbonyl (C=O) groups excluding carboxylic acids is 1. The van der Waals surface area contributed by atoms with Gasteiger partial charge in [-0.2, -0.15) is 0 Å². The molecule has 3 N–H and O–H groups in total. The summed E-state index contributed by atoms with van der Waals surface area (Å²) in [6, 6.07) is 0.465. The van der Waals surface area contributed by atoms with Crippen LogP contribution in [0.5, 0.6) is 0 Å². The number of hydrogen-bond acceptors (Lipinski definition) is 3. The van der Waals surface area contributed by atoms with Gasteiger partial charge in [0.05, 0.1) is 10.9 Å². The van der Waals surface area contributed by atoms with E-state index < -0.39 is 0 Å². The van der Waals surface area contributed by atoms with Crippen LogP contribution in [0.2, 0.25) is 0 Å². The lowest BCUT2D eigenvalue weighted by Crippen LogP contribution is -2.43. The summed E-state index contributed by atoms with van der Waals surface area (Å²) in [5, 5.41) is 2.97. The Morgan fingerprint density at radius 3 is 2.82 bits per heavy atom. The fourth-order valence-corrected chi connectivity index (χ4v) is 2.49. The molecule has 0 bridgehead atoms. The van der Waals surface area contributed by atoms with Crippen molar-refractivity contribution in [2.75, 3.05) is 20.1 Å². The lowest BCUT2D eigenvalue weighted by molar-refractivity contribution is -0.123. The zero-order valence-corrected chi connectivity index (χ0v) is 11.6. The summed E-state index contributed by atoms with van der Waals surface area (Å²) in [6.45, 7) is 3.86. The molecule has 98 valence electrons. The highest BCUT2D eigenvalue weighted by Gasteiger charge is 2.24. The molecule has 1 saturated heterocycles. The lowest BCUT2D eigenvalue weighted by Gasteiger charge is -2.21. The van der Waals surface area contributed by atoms with Crippen LogP contribution in [0.15, 0.2) is 0 Å². The van der Waals surface area contributed by atoms with E-state index in [2.05, 4.69) is 17.3 Å². The van der Waals surface area contributed by atoms with E-state index in [1.165, 1.54) is 6.42 Å². The number of amides is 1. The van der Waals surface area contributed by atoms with Crippen LogP contribution >= 0.6 is 12.2 Å². The number of likely N-dealkylation sites (N-methyl/N-ethyl adjacent to an activating group) is 1. The normalized spacial score (nSPS) is 22.4. The molecule has 1 aliphatic rings. The summed E-state index contributed by atoms with van der Waals surface area (Å²) in [7, 11) is 2.10. The molecule has 0 radical (unpaired) electrons. The SMILES string of the molecule is CCCC(C(=O)NCC1CCCN1C)C(N)=S. The second-order valence-electron chi connectivity index (χ2n) is 4.77. The summed E-state index contributed by atoms with van der Waals surface area (Å²) in [6.07, 6.45) is 4.02. The first-order valence-electron chi connectivity index (χ1n) is 6.33. The molecule has 1 fully saturated rings. The number of likely N-dealkylation sites (tertiary alicyclic amines) is 1. The van der Waals surface area contributed by atoms with Crippen molar-refractivity contribution >= 4 is 23.1 Å². The fraction of sp³-hybridized carbons (Fsp3) is 0.833. The first-order chi connectivity index (χ1) is 8.06. The van der Waals surface area contributed by atoms with Crippen LogP contribution in [0.25, 0.3) is 0 Å². The molecule has 2 atom stereocenters. The Hall–Kier alpha value is -0.680. The quantitative estimate of drug-likeness (QED) is 0.694. The van der Waals surface area contributed by atoms with Gasteiger partial charge in [0.25, 0.3) is 0 Å².